The normalized spacial score (nSPS) is 11.2. The molecule has 0 aliphatic rings. The molecule has 0 atom stereocenters. The molecule has 0 aliphatic carbocycles. The van der Waals surface area contributed by atoms with Gasteiger partial charge in [0.15, 0.2) is 11.4 Å². The summed E-state index contributed by atoms with van der Waals surface area (Å²) < 4.78 is 1.71. The number of rotatable bonds is 9. The van der Waals surface area contributed by atoms with Gasteiger partial charge in [0.1, 0.15) is 16.9 Å². The van der Waals surface area contributed by atoms with Crippen molar-refractivity contribution >= 4 is 39.7 Å². The lowest BCUT2D eigenvalue weighted by Gasteiger charge is -2.09. The van der Waals surface area contributed by atoms with E-state index in [0.29, 0.717) is 45.6 Å². The summed E-state index contributed by atoms with van der Waals surface area (Å²) in [7, 11) is 0. The van der Waals surface area contributed by atoms with Crippen molar-refractivity contribution in [3.05, 3.63) is 59.7 Å². The van der Waals surface area contributed by atoms with Crippen LogP contribution in [0.3, 0.4) is 0 Å². The summed E-state index contributed by atoms with van der Waals surface area (Å²) in [6.07, 6.45) is 5.54. The highest BCUT2D eigenvalue weighted by Gasteiger charge is 2.24. The van der Waals surface area contributed by atoms with Crippen molar-refractivity contribution < 1.29 is 9.59 Å². The molecular formula is C26H29N5O2. The average Bonchev–Trinajstić information content (AvgIpc) is 3.10. The van der Waals surface area contributed by atoms with E-state index in [1.807, 2.05) is 30.3 Å². The van der Waals surface area contributed by atoms with E-state index in [4.69, 9.17) is 15.7 Å². The van der Waals surface area contributed by atoms with Crippen LogP contribution in [0, 0.1) is 0 Å². The highest BCUT2D eigenvalue weighted by molar-refractivity contribution is 6.11. The van der Waals surface area contributed by atoms with Crippen molar-refractivity contribution in [3.63, 3.8) is 0 Å². The summed E-state index contributed by atoms with van der Waals surface area (Å²) >= 11 is 0. The molecule has 0 unspecified atom stereocenters. The van der Waals surface area contributed by atoms with E-state index in [0.717, 1.165) is 19.3 Å². The van der Waals surface area contributed by atoms with Gasteiger partial charge in [0.2, 0.25) is 0 Å². The Hall–Kier alpha value is -3.74. The number of Topliss-reactive ketones (excluding diaryl/α,β-unsaturated/α-hetero) is 1. The Labute approximate surface area is 193 Å². The number of hydrogen-bond donors (Lipinski definition) is 2. The van der Waals surface area contributed by atoms with Crippen LogP contribution in [0.1, 0.15) is 66.7 Å². The van der Waals surface area contributed by atoms with Crippen LogP contribution in [-0.4, -0.2) is 32.8 Å². The molecule has 7 heteroatoms. The van der Waals surface area contributed by atoms with Gasteiger partial charge in [-0.05, 0) is 37.6 Å². The number of nitrogen functional groups attached to an aromatic ring is 1. The first kappa shape index (κ1) is 22.5. The molecule has 4 aromatic rings. The Morgan fingerprint density at radius 2 is 1.70 bits per heavy atom. The van der Waals surface area contributed by atoms with Gasteiger partial charge in [-0.1, -0.05) is 56.9 Å². The van der Waals surface area contributed by atoms with Gasteiger partial charge in [-0.3, -0.25) is 14.2 Å². The number of nitrogens with one attached hydrogen (secondary N) is 1. The van der Waals surface area contributed by atoms with Crippen LogP contribution in [0.25, 0.3) is 27.9 Å². The predicted octanol–water partition coefficient (Wildman–Crippen LogP) is 5.06. The third-order valence-electron chi connectivity index (χ3n) is 5.80. The minimum Gasteiger partial charge on any atom is -0.384 e. The maximum absolute atomic E-state index is 13.2. The van der Waals surface area contributed by atoms with Gasteiger partial charge in [0.25, 0.3) is 5.91 Å². The van der Waals surface area contributed by atoms with Crippen molar-refractivity contribution in [3.8, 4) is 5.69 Å². The van der Waals surface area contributed by atoms with Crippen molar-refractivity contribution in [2.45, 2.75) is 46.0 Å². The second-order valence-electron chi connectivity index (χ2n) is 8.26. The molecule has 2 heterocycles. The fourth-order valence-electron chi connectivity index (χ4n) is 4.03. The zero-order chi connectivity index (χ0) is 23.4. The van der Waals surface area contributed by atoms with Crippen LogP contribution in [0.5, 0.6) is 0 Å². The minimum absolute atomic E-state index is 0.0514. The quantitative estimate of drug-likeness (QED) is 0.278. The van der Waals surface area contributed by atoms with Gasteiger partial charge in [-0.2, -0.15) is 0 Å². The highest BCUT2D eigenvalue weighted by atomic mass is 16.1. The summed E-state index contributed by atoms with van der Waals surface area (Å²) in [6, 6.07) is 14.7. The minimum atomic E-state index is -0.265. The lowest BCUT2D eigenvalue weighted by Crippen LogP contribution is -2.25. The molecule has 0 fully saturated rings. The first-order valence-corrected chi connectivity index (χ1v) is 11.5. The third-order valence-corrected chi connectivity index (χ3v) is 5.80. The van der Waals surface area contributed by atoms with Gasteiger partial charge in [0, 0.05) is 17.8 Å². The van der Waals surface area contributed by atoms with E-state index in [1.165, 1.54) is 19.8 Å². The molecule has 7 nitrogen and oxygen atoms in total. The molecule has 0 radical (unpaired) electrons. The molecule has 2 aromatic heterocycles. The highest BCUT2D eigenvalue weighted by Crippen LogP contribution is 2.31. The Morgan fingerprint density at radius 3 is 2.42 bits per heavy atom. The Bertz CT molecular complexity index is 1330. The second kappa shape index (κ2) is 9.81. The van der Waals surface area contributed by atoms with Crippen LogP contribution in [0.4, 0.5) is 5.82 Å². The summed E-state index contributed by atoms with van der Waals surface area (Å²) in [5, 5.41) is 3.00. The number of unbranched alkanes of at least 4 members (excludes halogenated alkanes) is 4. The first-order chi connectivity index (χ1) is 16.0. The van der Waals surface area contributed by atoms with E-state index < -0.39 is 0 Å². The summed E-state index contributed by atoms with van der Waals surface area (Å²) in [6.45, 7) is 4.27. The number of benzene rings is 2. The summed E-state index contributed by atoms with van der Waals surface area (Å²) in [4.78, 5) is 34.7. The molecule has 0 aliphatic heterocycles. The smallest absolute Gasteiger partial charge is 0.257 e. The molecule has 0 saturated carbocycles. The molecule has 33 heavy (non-hydrogen) atoms. The number of carbonyl (C=O) groups is 2. The Kier molecular flexibility index (Phi) is 6.68. The largest absolute Gasteiger partial charge is 0.384 e. The monoisotopic (exact) mass is 443 g/mol. The number of fused-ring (bicyclic) bond motifs is 2. The van der Waals surface area contributed by atoms with Crippen LogP contribution >= 0.6 is 0 Å². The molecule has 3 N–H and O–H groups in total. The van der Waals surface area contributed by atoms with Gasteiger partial charge >= 0.3 is 0 Å². The number of aromatic nitrogens is 3. The van der Waals surface area contributed by atoms with Gasteiger partial charge < -0.3 is 11.1 Å². The van der Waals surface area contributed by atoms with E-state index in [1.54, 1.807) is 22.8 Å². The molecule has 1 amide bonds. The molecular weight excluding hydrogens is 414 g/mol. The van der Waals surface area contributed by atoms with Crippen molar-refractivity contribution in [2.75, 3.05) is 12.3 Å². The molecule has 0 bridgehead atoms. The number of carbonyl (C=O) groups excluding carboxylic acids is 2. The topological polar surface area (TPSA) is 103 Å². The molecule has 4 rings (SSSR count). The standard InChI is InChI=1S/C26H29N5O2/c1-3-4-5-6-9-15-28-26(33)22-23-25(30-21-14-8-7-13-20(21)29-23)31(24(22)27)19-12-10-11-18(16-19)17(2)32/h7-8,10-14,16H,3-6,9,15,27H2,1-2H3,(H,28,33). The van der Waals surface area contributed by atoms with Gasteiger partial charge in [-0.15, -0.1) is 0 Å². The first-order valence-electron chi connectivity index (χ1n) is 11.5. The number of nitrogens with zero attached hydrogens (tertiary/aromatic N) is 3. The SMILES string of the molecule is CCCCCCCNC(=O)c1c(N)n(-c2cccc(C(C)=O)c2)c2nc3ccccc3nc12. The number of para-hydroxylation sites is 2. The number of ketones is 1. The van der Waals surface area contributed by atoms with Crippen LogP contribution < -0.4 is 11.1 Å². The van der Waals surface area contributed by atoms with E-state index in [-0.39, 0.29) is 17.5 Å². The van der Waals surface area contributed by atoms with E-state index in [9.17, 15) is 9.59 Å². The van der Waals surface area contributed by atoms with Gasteiger partial charge in [-0.25, -0.2) is 9.97 Å². The molecule has 0 saturated heterocycles. The summed E-state index contributed by atoms with van der Waals surface area (Å²) in [5.41, 5.74) is 10.4. The van der Waals surface area contributed by atoms with E-state index >= 15 is 0 Å². The zero-order valence-electron chi connectivity index (χ0n) is 19.1. The molecule has 170 valence electrons. The van der Waals surface area contributed by atoms with E-state index in [2.05, 4.69) is 12.2 Å². The van der Waals surface area contributed by atoms with Crippen LogP contribution in [-0.2, 0) is 0 Å². The van der Waals surface area contributed by atoms with Crippen molar-refractivity contribution in [1.29, 1.82) is 0 Å². The second-order valence-corrected chi connectivity index (χ2v) is 8.26. The zero-order valence-corrected chi connectivity index (χ0v) is 19.1. The number of hydrogen-bond acceptors (Lipinski definition) is 5. The number of anilines is 1. The lowest BCUT2D eigenvalue weighted by molar-refractivity contribution is 0.0954. The van der Waals surface area contributed by atoms with Crippen LogP contribution in [0.15, 0.2) is 48.5 Å². The number of amides is 1. The fraction of sp³-hybridized carbons (Fsp3) is 0.308. The van der Waals surface area contributed by atoms with Crippen molar-refractivity contribution in [2.24, 2.45) is 0 Å². The third kappa shape index (κ3) is 4.58. The Morgan fingerprint density at radius 1 is 0.970 bits per heavy atom. The van der Waals surface area contributed by atoms with Crippen LogP contribution in [0.2, 0.25) is 0 Å². The Balaban J connectivity index is 1.79. The summed E-state index contributed by atoms with van der Waals surface area (Å²) in [5.74, 6) is -0.0620. The average molecular weight is 444 g/mol. The predicted molar refractivity (Wildman–Crippen MR) is 132 cm³/mol. The van der Waals surface area contributed by atoms with Crippen molar-refractivity contribution in [1.82, 2.24) is 19.9 Å². The maximum Gasteiger partial charge on any atom is 0.257 e. The maximum atomic E-state index is 13.2. The number of nitrogens with two attached hydrogens (primary N) is 1. The molecule has 2 aromatic carbocycles. The molecule has 0 spiro atoms. The van der Waals surface area contributed by atoms with Gasteiger partial charge in [0.05, 0.1) is 11.0 Å². The fourth-order valence-corrected chi connectivity index (χ4v) is 4.03. The lowest BCUT2D eigenvalue weighted by atomic mass is 10.1.